The second-order valence-electron chi connectivity index (χ2n) is 5.71. The van der Waals surface area contributed by atoms with E-state index in [1.807, 2.05) is 4.90 Å². The fourth-order valence-corrected chi connectivity index (χ4v) is 3.20. The van der Waals surface area contributed by atoms with E-state index in [9.17, 15) is 9.18 Å². The Morgan fingerprint density at radius 1 is 1.37 bits per heavy atom. The van der Waals surface area contributed by atoms with Crippen LogP contribution in [0.4, 0.5) is 9.18 Å². The van der Waals surface area contributed by atoms with E-state index in [1.165, 1.54) is 12.3 Å². The maximum Gasteiger partial charge on any atom is 0.345 e. The predicted octanol–water partition coefficient (Wildman–Crippen LogP) is 1.55. The monoisotopic (exact) mass is 266 g/mol. The van der Waals surface area contributed by atoms with Crippen molar-refractivity contribution in [1.82, 2.24) is 19.6 Å². The van der Waals surface area contributed by atoms with E-state index in [0.717, 1.165) is 30.6 Å². The van der Waals surface area contributed by atoms with E-state index in [1.54, 1.807) is 0 Å². The third-order valence-corrected chi connectivity index (χ3v) is 4.21. The van der Waals surface area contributed by atoms with Gasteiger partial charge in [-0.05, 0) is 26.7 Å². The fraction of sp³-hybridized carbons (Fsp3) is 0.692. The lowest BCUT2D eigenvalue weighted by molar-refractivity contribution is 0.0698. The number of fused-ring (bicyclic) bond motifs is 2. The second kappa shape index (κ2) is 4.59. The van der Waals surface area contributed by atoms with E-state index in [-0.39, 0.29) is 18.1 Å². The van der Waals surface area contributed by atoms with Gasteiger partial charge in [-0.1, -0.05) is 0 Å². The molecule has 2 unspecified atom stereocenters. The molecule has 104 valence electrons. The summed E-state index contributed by atoms with van der Waals surface area (Å²) in [6, 6.07) is 1.99. The molecule has 3 heterocycles. The molecule has 2 bridgehead atoms. The number of likely N-dealkylation sites (tertiary alicyclic amines) is 1. The van der Waals surface area contributed by atoms with Gasteiger partial charge in [-0.3, -0.25) is 4.90 Å². The van der Waals surface area contributed by atoms with Crippen molar-refractivity contribution in [2.24, 2.45) is 0 Å². The van der Waals surface area contributed by atoms with Gasteiger partial charge < -0.3 is 4.90 Å². The minimum Gasteiger partial charge on any atom is -0.314 e. The van der Waals surface area contributed by atoms with Crippen LogP contribution in [0.3, 0.4) is 0 Å². The zero-order valence-electron chi connectivity index (χ0n) is 11.3. The van der Waals surface area contributed by atoms with Crippen LogP contribution in [0.2, 0.25) is 0 Å². The Labute approximate surface area is 112 Å². The first-order valence-electron chi connectivity index (χ1n) is 6.84. The van der Waals surface area contributed by atoms with Crippen molar-refractivity contribution in [3.05, 3.63) is 18.2 Å². The van der Waals surface area contributed by atoms with Crippen LogP contribution in [-0.2, 0) is 0 Å². The number of hydrogen-bond donors (Lipinski definition) is 0. The van der Waals surface area contributed by atoms with Crippen LogP contribution >= 0.6 is 0 Å². The third-order valence-electron chi connectivity index (χ3n) is 4.21. The molecule has 2 aliphatic heterocycles. The van der Waals surface area contributed by atoms with Crippen LogP contribution in [0.25, 0.3) is 0 Å². The molecule has 2 aliphatic rings. The summed E-state index contributed by atoms with van der Waals surface area (Å²) < 4.78 is 14.0. The summed E-state index contributed by atoms with van der Waals surface area (Å²) in [5.41, 5.74) is 0. The average molecular weight is 266 g/mol. The van der Waals surface area contributed by atoms with Gasteiger partial charge in [0.15, 0.2) is 0 Å². The SMILES string of the molecule is CC(C)N1CC2CCC(C1)N2C(=O)n1ccc(F)n1. The summed E-state index contributed by atoms with van der Waals surface area (Å²) in [6.45, 7) is 6.17. The molecule has 0 saturated carbocycles. The quantitative estimate of drug-likeness (QED) is 0.774. The largest absolute Gasteiger partial charge is 0.345 e. The molecule has 2 atom stereocenters. The highest BCUT2D eigenvalue weighted by molar-refractivity contribution is 5.77. The molecule has 2 saturated heterocycles. The lowest BCUT2D eigenvalue weighted by Gasteiger charge is -2.42. The highest BCUT2D eigenvalue weighted by Crippen LogP contribution is 2.31. The number of hydrogen-bond acceptors (Lipinski definition) is 3. The third kappa shape index (κ3) is 2.14. The van der Waals surface area contributed by atoms with Gasteiger partial charge in [0.25, 0.3) is 0 Å². The van der Waals surface area contributed by atoms with E-state index < -0.39 is 5.95 Å². The Balaban J connectivity index is 1.78. The molecule has 19 heavy (non-hydrogen) atoms. The van der Waals surface area contributed by atoms with Gasteiger partial charge in [0.2, 0.25) is 5.95 Å². The predicted molar refractivity (Wildman–Crippen MR) is 68.3 cm³/mol. The van der Waals surface area contributed by atoms with Crippen molar-refractivity contribution in [2.75, 3.05) is 13.1 Å². The number of halogens is 1. The standard InChI is InChI=1S/C13H19FN4O/c1-9(2)16-7-10-3-4-11(8-16)18(10)13(19)17-6-5-12(14)15-17/h5-6,9-11H,3-4,7-8H2,1-2H3. The van der Waals surface area contributed by atoms with Crippen LogP contribution in [-0.4, -0.2) is 56.8 Å². The first-order chi connectivity index (χ1) is 9.06. The molecule has 1 aromatic heterocycles. The number of piperazine rings is 1. The van der Waals surface area contributed by atoms with Crippen molar-refractivity contribution in [1.29, 1.82) is 0 Å². The number of carbonyl (C=O) groups excluding carboxylic acids is 1. The summed E-state index contributed by atoms with van der Waals surface area (Å²) >= 11 is 0. The number of nitrogens with zero attached hydrogens (tertiary/aromatic N) is 4. The van der Waals surface area contributed by atoms with Crippen LogP contribution in [0.1, 0.15) is 26.7 Å². The maximum atomic E-state index is 12.9. The summed E-state index contributed by atoms with van der Waals surface area (Å²) in [7, 11) is 0. The van der Waals surface area contributed by atoms with Gasteiger partial charge in [0.1, 0.15) is 0 Å². The molecule has 0 radical (unpaired) electrons. The van der Waals surface area contributed by atoms with E-state index in [0.29, 0.717) is 6.04 Å². The Bertz CT molecular complexity index is 473. The Morgan fingerprint density at radius 3 is 2.47 bits per heavy atom. The Morgan fingerprint density at radius 2 is 2.00 bits per heavy atom. The smallest absolute Gasteiger partial charge is 0.314 e. The highest BCUT2D eigenvalue weighted by Gasteiger charge is 2.43. The minimum atomic E-state index is -0.610. The van der Waals surface area contributed by atoms with Gasteiger partial charge >= 0.3 is 6.03 Å². The van der Waals surface area contributed by atoms with Gasteiger partial charge in [0.05, 0.1) is 0 Å². The second-order valence-corrected chi connectivity index (χ2v) is 5.71. The van der Waals surface area contributed by atoms with E-state index in [4.69, 9.17) is 0 Å². The van der Waals surface area contributed by atoms with Crippen LogP contribution in [0, 0.1) is 5.95 Å². The summed E-state index contributed by atoms with van der Waals surface area (Å²) in [5, 5.41) is 3.58. The van der Waals surface area contributed by atoms with Gasteiger partial charge in [0, 0.05) is 43.5 Å². The normalized spacial score (nSPS) is 27.3. The molecule has 3 rings (SSSR count). The number of carbonyl (C=O) groups is 1. The van der Waals surface area contributed by atoms with Crippen LogP contribution in [0.15, 0.2) is 12.3 Å². The topological polar surface area (TPSA) is 41.4 Å². The summed E-state index contributed by atoms with van der Waals surface area (Å²) in [5.74, 6) is -0.610. The lowest BCUT2D eigenvalue weighted by atomic mass is 10.1. The molecule has 6 heteroatoms. The lowest BCUT2D eigenvalue weighted by Crippen LogP contribution is -2.58. The van der Waals surface area contributed by atoms with Crippen molar-refractivity contribution in [3.63, 3.8) is 0 Å². The van der Waals surface area contributed by atoms with Crippen molar-refractivity contribution in [3.8, 4) is 0 Å². The van der Waals surface area contributed by atoms with Crippen LogP contribution < -0.4 is 0 Å². The van der Waals surface area contributed by atoms with Gasteiger partial charge in [-0.15, -0.1) is 5.10 Å². The molecule has 1 amide bonds. The highest BCUT2D eigenvalue weighted by atomic mass is 19.1. The van der Waals surface area contributed by atoms with Gasteiger partial charge in [-0.25, -0.2) is 4.79 Å². The summed E-state index contributed by atoms with van der Waals surface area (Å²) in [4.78, 5) is 16.7. The van der Waals surface area contributed by atoms with E-state index >= 15 is 0 Å². The number of aromatic nitrogens is 2. The van der Waals surface area contributed by atoms with Crippen molar-refractivity contribution >= 4 is 6.03 Å². The van der Waals surface area contributed by atoms with Crippen LogP contribution in [0.5, 0.6) is 0 Å². The molecule has 1 aromatic rings. The van der Waals surface area contributed by atoms with Crippen molar-refractivity contribution in [2.45, 2.75) is 44.8 Å². The minimum absolute atomic E-state index is 0.195. The zero-order chi connectivity index (χ0) is 13.6. The van der Waals surface area contributed by atoms with E-state index in [2.05, 4.69) is 23.8 Å². The Kier molecular flexibility index (Phi) is 3.05. The average Bonchev–Trinajstić information content (AvgIpc) is 2.90. The molecule has 2 fully saturated rings. The Hall–Kier alpha value is -1.43. The summed E-state index contributed by atoms with van der Waals surface area (Å²) in [6.07, 6.45) is 3.46. The number of amides is 1. The molecule has 0 spiro atoms. The maximum absolute atomic E-state index is 12.9. The fourth-order valence-electron chi connectivity index (χ4n) is 3.20. The molecular formula is C13H19FN4O. The number of rotatable bonds is 1. The zero-order valence-corrected chi connectivity index (χ0v) is 11.3. The molecule has 0 aliphatic carbocycles. The van der Waals surface area contributed by atoms with Gasteiger partial charge in [-0.2, -0.15) is 9.07 Å². The molecule has 5 nitrogen and oxygen atoms in total. The van der Waals surface area contributed by atoms with Crippen molar-refractivity contribution < 1.29 is 9.18 Å². The molecular weight excluding hydrogens is 247 g/mol. The first kappa shape index (κ1) is 12.6. The first-order valence-corrected chi connectivity index (χ1v) is 6.84. The molecule has 0 aromatic carbocycles. The molecule has 0 N–H and O–H groups in total.